The average molecular weight is 337 g/mol. The summed E-state index contributed by atoms with van der Waals surface area (Å²) in [7, 11) is 0. The number of aromatic nitrogens is 4. The van der Waals surface area contributed by atoms with Crippen LogP contribution in [0.25, 0.3) is 5.52 Å². The Labute approximate surface area is 144 Å². The number of likely N-dealkylation sites (tertiary alicyclic amines) is 1. The number of aliphatic hydroxyl groups is 1. The molecule has 0 unspecified atom stereocenters. The summed E-state index contributed by atoms with van der Waals surface area (Å²) in [5.74, 6) is -0.131. The minimum absolute atomic E-state index is 0.0383. The Balaban J connectivity index is 1.55. The van der Waals surface area contributed by atoms with Gasteiger partial charge in [0.15, 0.2) is 0 Å². The molecule has 2 atom stereocenters. The van der Waals surface area contributed by atoms with Gasteiger partial charge in [-0.15, -0.1) is 0 Å². The molecule has 0 spiro atoms. The van der Waals surface area contributed by atoms with E-state index >= 15 is 0 Å². The lowest BCUT2D eigenvalue weighted by Gasteiger charge is -2.15. The van der Waals surface area contributed by atoms with Crippen LogP contribution in [0.2, 0.25) is 0 Å². The molecule has 1 fully saturated rings. The Morgan fingerprint density at radius 2 is 2.20 bits per heavy atom. The maximum atomic E-state index is 13.0. The van der Waals surface area contributed by atoms with E-state index in [1.165, 1.54) is 0 Å². The third-order valence-corrected chi connectivity index (χ3v) is 4.75. The Morgan fingerprint density at radius 3 is 3.00 bits per heavy atom. The van der Waals surface area contributed by atoms with Crippen molar-refractivity contribution in [2.45, 2.75) is 19.4 Å². The summed E-state index contributed by atoms with van der Waals surface area (Å²) >= 11 is 0. The number of nitrogens with zero attached hydrogens (tertiary/aromatic N) is 5. The number of fused-ring (bicyclic) bond motifs is 1. The van der Waals surface area contributed by atoms with Crippen LogP contribution in [-0.2, 0) is 6.42 Å². The first-order valence-electron chi connectivity index (χ1n) is 8.28. The molecular formula is C18H19N5O2. The predicted molar refractivity (Wildman–Crippen MR) is 91.1 cm³/mol. The topological polar surface area (TPSA) is 83.6 Å². The van der Waals surface area contributed by atoms with Gasteiger partial charge in [-0.05, 0) is 25.0 Å². The monoisotopic (exact) mass is 337 g/mol. The molecule has 0 radical (unpaired) electrons. The van der Waals surface area contributed by atoms with Gasteiger partial charge in [-0.25, -0.2) is 4.52 Å². The zero-order valence-electron chi connectivity index (χ0n) is 13.9. The van der Waals surface area contributed by atoms with Crippen LogP contribution in [0.5, 0.6) is 0 Å². The fraction of sp³-hybridized carbons (Fsp3) is 0.333. The van der Waals surface area contributed by atoms with Crippen molar-refractivity contribution < 1.29 is 9.90 Å². The number of carbonyl (C=O) groups is 1. The lowest BCUT2D eigenvalue weighted by atomic mass is 10.0. The SMILES string of the molecule is Cc1cccn2ncc(C(=O)N3C[C@@H](Cc4cnccn4)[C@H](O)C3)c12. The lowest BCUT2D eigenvalue weighted by Crippen LogP contribution is -2.29. The summed E-state index contributed by atoms with van der Waals surface area (Å²) in [5, 5.41) is 14.6. The Morgan fingerprint density at radius 1 is 1.32 bits per heavy atom. The Hall–Kier alpha value is -2.80. The zero-order chi connectivity index (χ0) is 17.4. The van der Waals surface area contributed by atoms with E-state index in [9.17, 15) is 9.90 Å². The van der Waals surface area contributed by atoms with Crippen molar-refractivity contribution in [2.75, 3.05) is 13.1 Å². The molecule has 1 aliphatic rings. The molecule has 1 amide bonds. The molecule has 0 saturated carbocycles. The van der Waals surface area contributed by atoms with Gasteiger partial charge in [0.2, 0.25) is 0 Å². The number of carbonyl (C=O) groups excluding carboxylic acids is 1. The van der Waals surface area contributed by atoms with Crippen molar-refractivity contribution in [3.63, 3.8) is 0 Å². The molecule has 1 N–H and O–H groups in total. The number of pyridine rings is 1. The maximum absolute atomic E-state index is 13.0. The second-order valence-electron chi connectivity index (χ2n) is 6.48. The van der Waals surface area contributed by atoms with Gasteiger partial charge >= 0.3 is 0 Å². The highest BCUT2D eigenvalue weighted by atomic mass is 16.3. The van der Waals surface area contributed by atoms with Gasteiger partial charge in [0, 0.05) is 43.8 Å². The number of rotatable bonds is 3. The fourth-order valence-corrected chi connectivity index (χ4v) is 3.47. The zero-order valence-corrected chi connectivity index (χ0v) is 13.9. The van der Waals surface area contributed by atoms with Gasteiger partial charge in [-0.3, -0.25) is 14.8 Å². The summed E-state index contributed by atoms with van der Waals surface area (Å²) in [6, 6.07) is 3.86. The van der Waals surface area contributed by atoms with Crippen molar-refractivity contribution in [3.8, 4) is 0 Å². The number of β-amino-alcohol motifs (C(OH)–C–C–N with tert-alkyl or cyclic N) is 1. The number of hydrogen-bond donors (Lipinski definition) is 1. The van der Waals surface area contributed by atoms with Gasteiger partial charge in [-0.1, -0.05) is 6.07 Å². The van der Waals surface area contributed by atoms with Gasteiger partial charge in [0.1, 0.15) is 0 Å². The van der Waals surface area contributed by atoms with Crippen LogP contribution in [0.4, 0.5) is 0 Å². The summed E-state index contributed by atoms with van der Waals surface area (Å²) in [5.41, 5.74) is 3.22. The minimum atomic E-state index is -0.561. The third kappa shape index (κ3) is 2.87. The number of aryl methyl sites for hydroxylation is 1. The van der Waals surface area contributed by atoms with Crippen molar-refractivity contribution in [3.05, 3.63) is 59.9 Å². The van der Waals surface area contributed by atoms with Gasteiger partial charge < -0.3 is 10.0 Å². The smallest absolute Gasteiger partial charge is 0.257 e. The van der Waals surface area contributed by atoms with Crippen molar-refractivity contribution in [1.29, 1.82) is 0 Å². The molecule has 25 heavy (non-hydrogen) atoms. The first kappa shape index (κ1) is 15.7. The molecule has 1 saturated heterocycles. The fourth-order valence-electron chi connectivity index (χ4n) is 3.47. The van der Waals surface area contributed by atoms with E-state index in [1.54, 1.807) is 34.2 Å². The van der Waals surface area contributed by atoms with Gasteiger partial charge in [0.05, 0.1) is 29.1 Å². The highest BCUT2D eigenvalue weighted by molar-refractivity contribution is 6.01. The molecule has 7 nitrogen and oxygen atoms in total. The molecule has 0 bridgehead atoms. The molecular weight excluding hydrogens is 318 g/mol. The summed E-state index contributed by atoms with van der Waals surface area (Å²) in [6.07, 6.45) is 8.44. The molecule has 4 heterocycles. The molecule has 4 rings (SSSR count). The van der Waals surface area contributed by atoms with E-state index in [4.69, 9.17) is 0 Å². The first-order valence-corrected chi connectivity index (χ1v) is 8.28. The highest BCUT2D eigenvalue weighted by Crippen LogP contribution is 2.24. The number of amides is 1. The van der Waals surface area contributed by atoms with Crippen LogP contribution < -0.4 is 0 Å². The predicted octanol–water partition coefficient (Wildman–Crippen LogP) is 1.11. The van der Waals surface area contributed by atoms with Crippen LogP contribution >= 0.6 is 0 Å². The molecule has 0 aliphatic carbocycles. The van der Waals surface area contributed by atoms with Crippen LogP contribution in [0.1, 0.15) is 21.6 Å². The molecule has 1 aliphatic heterocycles. The first-order chi connectivity index (χ1) is 12.1. The summed E-state index contributed by atoms with van der Waals surface area (Å²) < 4.78 is 1.71. The van der Waals surface area contributed by atoms with Gasteiger partial charge in [-0.2, -0.15) is 5.10 Å². The maximum Gasteiger partial charge on any atom is 0.257 e. The van der Waals surface area contributed by atoms with E-state index in [0.29, 0.717) is 25.1 Å². The second kappa shape index (κ2) is 6.25. The van der Waals surface area contributed by atoms with Crippen molar-refractivity contribution in [2.24, 2.45) is 5.92 Å². The van der Waals surface area contributed by atoms with Crippen molar-refractivity contribution in [1.82, 2.24) is 24.5 Å². The van der Waals surface area contributed by atoms with E-state index in [0.717, 1.165) is 16.8 Å². The molecule has 3 aromatic heterocycles. The lowest BCUT2D eigenvalue weighted by molar-refractivity contribution is 0.0766. The van der Waals surface area contributed by atoms with E-state index in [-0.39, 0.29) is 11.8 Å². The van der Waals surface area contributed by atoms with Crippen LogP contribution in [0.15, 0.2) is 43.1 Å². The van der Waals surface area contributed by atoms with E-state index in [2.05, 4.69) is 15.1 Å². The largest absolute Gasteiger partial charge is 0.391 e. The van der Waals surface area contributed by atoms with Crippen LogP contribution in [0, 0.1) is 12.8 Å². The average Bonchev–Trinajstić information content (AvgIpc) is 3.20. The molecule has 0 aromatic carbocycles. The third-order valence-electron chi connectivity index (χ3n) is 4.75. The quantitative estimate of drug-likeness (QED) is 0.774. The highest BCUT2D eigenvalue weighted by Gasteiger charge is 2.35. The van der Waals surface area contributed by atoms with Gasteiger partial charge in [0.25, 0.3) is 5.91 Å². The Kier molecular flexibility index (Phi) is 3.93. The normalized spacial score (nSPS) is 20.3. The van der Waals surface area contributed by atoms with E-state index in [1.807, 2.05) is 25.3 Å². The molecule has 7 heteroatoms. The summed E-state index contributed by atoms with van der Waals surface area (Å²) in [6.45, 7) is 2.79. The number of hydrogen-bond acceptors (Lipinski definition) is 5. The van der Waals surface area contributed by atoms with E-state index < -0.39 is 6.10 Å². The number of aliphatic hydroxyl groups excluding tert-OH is 1. The minimum Gasteiger partial charge on any atom is -0.391 e. The van der Waals surface area contributed by atoms with Crippen molar-refractivity contribution >= 4 is 11.4 Å². The second-order valence-corrected chi connectivity index (χ2v) is 6.48. The van der Waals surface area contributed by atoms with Crippen LogP contribution in [-0.4, -0.2) is 54.7 Å². The Bertz CT molecular complexity index is 908. The summed E-state index contributed by atoms with van der Waals surface area (Å²) in [4.78, 5) is 23.0. The standard InChI is InChI=1S/C18H19N5O2/c1-12-3-2-6-23-17(12)15(9-21-23)18(25)22-10-13(16(24)11-22)7-14-8-19-4-5-20-14/h2-6,8-9,13,16,24H,7,10-11H2,1H3/t13-,16-/m1/s1. The van der Waals surface area contributed by atoms with Crippen LogP contribution in [0.3, 0.4) is 0 Å². The molecule has 128 valence electrons. The molecule has 3 aromatic rings.